The number of carbonyl (C=O) groups excluding carboxylic acids is 2. The van der Waals surface area contributed by atoms with Gasteiger partial charge in [-0.15, -0.1) is 0 Å². The Balaban J connectivity index is 1.74. The van der Waals surface area contributed by atoms with Crippen molar-refractivity contribution in [2.75, 3.05) is 19.7 Å². The van der Waals surface area contributed by atoms with Crippen LogP contribution in [0.2, 0.25) is 0 Å². The van der Waals surface area contributed by atoms with Crippen LogP contribution in [0, 0.1) is 11.2 Å². The summed E-state index contributed by atoms with van der Waals surface area (Å²) in [4.78, 5) is 25.9. The van der Waals surface area contributed by atoms with Crippen LogP contribution in [0.3, 0.4) is 0 Å². The quantitative estimate of drug-likeness (QED) is 0.819. The summed E-state index contributed by atoms with van der Waals surface area (Å²) in [5, 5.41) is 6.47. The predicted octanol–water partition coefficient (Wildman–Crippen LogP) is 1.73. The maximum atomic E-state index is 13.0. The highest BCUT2D eigenvalue weighted by Crippen LogP contribution is 2.35. The zero-order valence-electron chi connectivity index (χ0n) is 14.3. The average Bonchev–Trinajstić information content (AvgIpc) is 3.15. The van der Waals surface area contributed by atoms with Gasteiger partial charge in [0, 0.05) is 31.1 Å². The Kier molecular flexibility index (Phi) is 5.20. The number of hydrogen-bond acceptors (Lipinski definition) is 4. The topological polar surface area (TPSA) is 101 Å². The average molecular weight is 360 g/mol. The molecule has 8 heteroatoms. The molecule has 0 radical (unpaired) electrons. The van der Waals surface area contributed by atoms with Crippen LogP contribution in [-0.4, -0.2) is 46.6 Å². The molecule has 1 aromatic heterocycles. The first-order chi connectivity index (χ1) is 12.5. The summed E-state index contributed by atoms with van der Waals surface area (Å²) in [7, 11) is 0. The van der Waals surface area contributed by atoms with E-state index in [1.165, 1.54) is 30.5 Å². The highest BCUT2D eigenvalue weighted by atomic mass is 19.1. The first-order valence-electron chi connectivity index (χ1n) is 8.43. The van der Waals surface area contributed by atoms with Crippen molar-refractivity contribution in [2.45, 2.75) is 19.3 Å². The molecule has 3 N–H and O–H groups in total. The lowest BCUT2D eigenvalue weighted by Gasteiger charge is -2.41. The molecule has 7 nitrogen and oxygen atoms in total. The summed E-state index contributed by atoms with van der Waals surface area (Å²) in [6, 6.07) is 7.30. The maximum absolute atomic E-state index is 13.0. The minimum Gasteiger partial charge on any atom is -0.493 e. The van der Waals surface area contributed by atoms with Gasteiger partial charge in [0.05, 0.1) is 6.61 Å². The molecule has 0 saturated carbocycles. The van der Waals surface area contributed by atoms with E-state index in [0.717, 1.165) is 6.42 Å². The van der Waals surface area contributed by atoms with Gasteiger partial charge in [0.2, 0.25) is 5.91 Å². The third kappa shape index (κ3) is 4.19. The molecule has 3 rings (SSSR count). The van der Waals surface area contributed by atoms with Crippen LogP contribution < -0.4 is 10.5 Å². The van der Waals surface area contributed by atoms with Crippen molar-refractivity contribution in [3.63, 3.8) is 0 Å². The van der Waals surface area contributed by atoms with Crippen LogP contribution in [0.25, 0.3) is 0 Å². The fraction of sp³-hybridized carbons (Fsp3) is 0.389. The van der Waals surface area contributed by atoms with Gasteiger partial charge < -0.3 is 15.4 Å². The van der Waals surface area contributed by atoms with E-state index in [4.69, 9.17) is 10.5 Å². The number of H-pyrrole nitrogens is 1. The number of aromatic amines is 1. The number of aromatic nitrogens is 2. The molecule has 0 aliphatic carbocycles. The smallest absolute Gasteiger partial charge is 0.271 e. The number of nitrogens with one attached hydrogen (secondary N) is 1. The fourth-order valence-electron chi connectivity index (χ4n) is 3.38. The van der Waals surface area contributed by atoms with Gasteiger partial charge >= 0.3 is 0 Å². The summed E-state index contributed by atoms with van der Waals surface area (Å²) in [6.45, 7) is 1.16. The number of ether oxygens (including phenoxy) is 1. The molecule has 1 saturated heterocycles. The number of rotatable bonds is 6. The second-order valence-corrected chi connectivity index (χ2v) is 6.69. The second-order valence-electron chi connectivity index (χ2n) is 6.69. The highest BCUT2D eigenvalue weighted by Gasteiger charge is 2.39. The van der Waals surface area contributed by atoms with Crippen molar-refractivity contribution < 1.29 is 18.7 Å². The Morgan fingerprint density at radius 3 is 2.73 bits per heavy atom. The Labute approximate surface area is 150 Å². The number of benzene rings is 1. The normalized spacial score (nSPS) is 20.0. The van der Waals surface area contributed by atoms with Gasteiger partial charge in [0.25, 0.3) is 5.91 Å². The maximum Gasteiger partial charge on any atom is 0.271 e. The van der Waals surface area contributed by atoms with E-state index < -0.39 is 11.3 Å². The molecule has 1 fully saturated rings. The lowest BCUT2D eigenvalue weighted by atomic mass is 9.77. The van der Waals surface area contributed by atoms with E-state index in [1.807, 2.05) is 0 Å². The molecule has 1 unspecified atom stereocenters. The number of likely N-dealkylation sites (tertiary alicyclic amines) is 1. The second kappa shape index (κ2) is 7.55. The lowest BCUT2D eigenvalue weighted by molar-refractivity contribution is -0.122. The number of halogens is 1. The number of nitrogens with two attached hydrogens (primary N) is 1. The molecule has 2 heterocycles. The van der Waals surface area contributed by atoms with Crippen LogP contribution in [0.5, 0.6) is 5.75 Å². The summed E-state index contributed by atoms with van der Waals surface area (Å²) >= 11 is 0. The van der Waals surface area contributed by atoms with Crippen molar-refractivity contribution in [2.24, 2.45) is 11.1 Å². The Hall–Kier alpha value is -2.90. The first kappa shape index (κ1) is 17.9. The number of piperidine rings is 1. The van der Waals surface area contributed by atoms with Crippen molar-refractivity contribution in [1.29, 1.82) is 0 Å². The third-order valence-electron chi connectivity index (χ3n) is 4.59. The zero-order chi connectivity index (χ0) is 18.6. The van der Waals surface area contributed by atoms with E-state index in [1.54, 1.807) is 11.0 Å². The Morgan fingerprint density at radius 1 is 1.31 bits per heavy atom. The van der Waals surface area contributed by atoms with E-state index in [9.17, 15) is 14.0 Å². The van der Waals surface area contributed by atoms with Crippen molar-refractivity contribution in [3.8, 4) is 5.75 Å². The van der Waals surface area contributed by atoms with Gasteiger partial charge in [-0.3, -0.25) is 14.7 Å². The fourth-order valence-corrected chi connectivity index (χ4v) is 3.38. The summed E-state index contributed by atoms with van der Waals surface area (Å²) < 4.78 is 18.8. The molecule has 1 aliphatic heterocycles. The first-order valence-corrected chi connectivity index (χ1v) is 8.43. The van der Waals surface area contributed by atoms with E-state index in [0.29, 0.717) is 31.0 Å². The summed E-state index contributed by atoms with van der Waals surface area (Å²) in [5.41, 5.74) is 5.28. The van der Waals surface area contributed by atoms with Gasteiger partial charge in [0.15, 0.2) is 0 Å². The largest absolute Gasteiger partial charge is 0.493 e. The summed E-state index contributed by atoms with van der Waals surface area (Å²) in [5.74, 6) is -0.452. The number of carbonyl (C=O) groups is 2. The monoisotopic (exact) mass is 360 g/mol. The summed E-state index contributed by atoms with van der Waals surface area (Å²) in [6.07, 6.45) is 3.08. The molecule has 1 aliphatic rings. The number of hydrogen-bond donors (Lipinski definition) is 2. The van der Waals surface area contributed by atoms with Gasteiger partial charge in [-0.2, -0.15) is 5.10 Å². The molecular formula is C18H21FN4O3. The third-order valence-corrected chi connectivity index (χ3v) is 4.59. The molecule has 1 atom stereocenters. The minimum absolute atomic E-state index is 0.112. The number of primary amides is 1. The number of nitrogens with zero attached hydrogens (tertiary/aromatic N) is 2. The highest BCUT2D eigenvalue weighted by molar-refractivity contribution is 5.92. The van der Waals surface area contributed by atoms with E-state index in [-0.39, 0.29) is 24.8 Å². The zero-order valence-corrected chi connectivity index (χ0v) is 14.3. The molecule has 0 spiro atoms. The molecule has 1 aromatic carbocycles. The molecule has 2 amide bonds. The molecule has 0 bridgehead atoms. The molecule has 26 heavy (non-hydrogen) atoms. The lowest BCUT2D eigenvalue weighted by Crippen LogP contribution is -2.50. The Morgan fingerprint density at radius 2 is 2.08 bits per heavy atom. The van der Waals surface area contributed by atoms with Crippen molar-refractivity contribution in [1.82, 2.24) is 15.1 Å². The molecular weight excluding hydrogens is 339 g/mol. The Bertz CT molecular complexity index is 763. The van der Waals surface area contributed by atoms with Crippen molar-refractivity contribution >= 4 is 11.8 Å². The van der Waals surface area contributed by atoms with Gasteiger partial charge in [-0.1, -0.05) is 0 Å². The van der Waals surface area contributed by atoms with Crippen LogP contribution in [-0.2, 0) is 4.79 Å². The van der Waals surface area contributed by atoms with Gasteiger partial charge in [0.1, 0.15) is 17.3 Å². The van der Waals surface area contributed by atoms with Gasteiger partial charge in [-0.25, -0.2) is 4.39 Å². The molecule has 138 valence electrons. The standard InChI is InChI=1S/C18H21FN4O3/c19-13-2-4-14(5-3-13)26-12-18(10-16(20)24)7-1-9-23(11-18)17(25)15-6-8-21-22-15/h2-6,8H,1,7,9-12H2,(H2,20,24)(H,21,22). The molecule has 2 aromatic rings. The minimum atomic E-state index is -0.575. The van der Waals surface area contributed by atoms with Crippen molar-refractivity contribution in [3.05, 3.63) is 48.0 Å². The van der Waals surface area contributed by atoms with Crippen LogP contribution in [0.1, 0.15) is 29.8 Å². The van der Waals surface area contributed by atoms with Crippen LogP contribution >= 0.6 is 0 Å². The number of amides is 2. The van der Waals surface area contributed by atoms with E-state index >= 15 is 0 Å². The predicted molar refractivity (Wildman–Crippen MR) is 91.9 cm³/mol. The van der Waals surface area contributed by atoms with E-state index in [2.05, 4.69) is 10.2 Å². The van der Waals surface area contributed by atoms with Crippen LogP contribution in [0.4, 0.5) is 4.39 Å². The SMILES string of the molecule is NC(=O)CC1(COc2ccc(F)cc2)CCCN(C(=O)c2ccn[nH]2)C1. The van der Waals surface area contributed by atoms with Gasteiger partial charge in [-0.05, 0) is 43.2 Å². The van der Waals surface area contributed by atoms with Crippen LogP contribution in [0.15, 0.2) is 36.5 Å².